The van der Waals surface area contributed by atoms with Gasteiger partial charge in [0.25, 0.3) is 5.91 Å². The average molecular weight is 556 g/mol. The van der Waals surface area contributed by atoms with Crippen molar-refractivity contribution < 1.29 is 14.3 Å². The molecule has 186 valence electrons. The highest BCUT2D eigenvalue weighted by atomic mass is 35.5. The SMILES string of the molecule is Cl.Cl.O=C(CCN1CCN(C(=O)c2ccccc2)CC1)c1ccc(Oc2ccc(Cl)cc2Cl)cc1. The lowest BCUT2D eigenvalue weighted by Crippen LogP contribution is -2.49. The largest absolute Gasteiger partial charge is 0.456 e. The highest BCUT2D eigenvalue weighted by molar-refractivity contribution is 6.35. The van der Waals surface area contributed by atoms with Gasteiger partial charge >= 0.3 is 0 Å². The lowest BCUT2D eigenvalue weighted by molar-refractivity contribution is 0.0628. The van der Waals surface area contributed by atoms with Crippen LogP contribution in [-0.4, -0.2) is 54.2 Å². The molecule has 0 aliphatic carbocycles. The minimum Gasteiger partial charge on any atom is -0.456 e. The van der Waals surface area contributed by atoms with E-state index in [1.54, 1.807) is 42.5 Å². The quantitative estimate of drug-likeness (QED) is 0.306. The number of piperazine rings is 1. The van der Waals surface area contributed by atoms with E-state index in [4.69, 9.17) is 27.9 Å². The van der Waals surface area contributed by atoms with Crippen LogP contribution in [0.2, 0.25) is 10.0 Å². The number of carbonyl (C=O) groups excluding carboxylic acids is 2. The molecule has 0 saturated carbocycles. The Balaban J connectivity index is 0.00000216. The van der Waals surface area contributed by atoms with Crippen LogP contribution < -0.4 is 4.74 Å². The minimum atomic E-state index is 0. The molecule has 35 heavy (non-hydrogen) atoms. The summed E-state index contributed by atoms with van der Waals surface area (Å²) in [4.78, 5) is 29.3. The Kier molecular flexibility index (Phi) is 11.3. The summed E-state index contributed by atoms with van der Waals surface area (Å²) in [6, 6.07) is 21.4. The van der Waals surface area contributed by atoms with Crippen molar-refractivity contribution in [1.29, 1.82) is 0 Å². The number of hydrogen-bond acceptors (Lipinski definition) is 4. The molecule has 0 atom stereocenters. The number of hydrogen-bond donors (Lipinski definition) is 0. The van der Waals surface area contributed by atoms with Gasteiger partial charge in [-0.2, -0.15) is 0 Å². The fourth-order valence-corrected chi connectivity index (χ4v) is 4.18. The van der Waals surface area contributed by atoms with Gasteiger partial charge in [0.1, 0.15) is 11.5 Å². The van der Waals surface area contributed by atoms with Gasteiger partial charge in [-0.25, -0.2) is 0 Å². The second kappa shape index (κ2) is 13.7. The van der Waals surface area contributed by atoms with Gasteiger partial charge < -0.3 is 9.64 Å². The van der Waals surface area contributed by atoms with Crippen molar-refractivity contribution in [3.05, 3.63) is 94.0 Å². The molecule has 0 spiro atoms. The van der Waals surface area contributed by atoms with E-state index in [0.717, 1.165) is 13.1 Å². The molecule has 3 aromatic rings. The van der Waals surface area contributed by atoms with Crippen molar-refractivity contribution in [3.63, 3.8) is 0 Å². The van der Waals surface area contributed by atoms with E-state index in [1.165, 1.54) is 0 Å². The van der Waals surface area contributed by atoms with Gasteiger partial charge in [-0.1, -0.05) is 41.4 Å². The van der Waals surface area contributed by atoms with Gasteiger partial charge in [0.2, 0.25) is 0 Å². The number of Topliss-reactive ketones (excluding diaryl/α,β-unsaturated/α-hetero) is 1. The third-order valence-electron chi connectivity index (χ3n) is 5.63. The molecule has 3 aromatic carbocycles. The maximum atomic E-state index is 12.6. The summed E-state index contributed by atoms with van der Waals surface area (Å²) in [6.07, 6.45) is 0.426. The van der Waals surface area contributed by atoms with Crippen molar-refractivity contribution in [2.45, 2.75) is 6.42 Å². The molecule has 1 saturated heterocycles. The highest BCUT2D eigenvalue weighted by Crippen LogP contribution is 2.31. The predicted octanol–water partition coefficient (Wildman–Crippen LogP) is 6.66. The fraction of sp³-hybridized carbons (Fsp3) is 0.231. The summed E-state index contributed by atoms with van der Waals surface area (Å²) in [5.41, 5.74) is 1.36. The maximum Gasteiger partial charge on any atom is 0.253 e. The number of halogens is 4. The second-order valence-corrected chi connectivity index (χ2v) is 8.72. The maximum absolute atomic E-state index is 12.6. The van der Waals surface area contributed by atoms with Crippen LogP contribution in [0.15, 0.2) is 72.8 Å². The van der Waals surface area contributed by atoms with Crippen LogP contribution in [0, 0.1) is 0 Å². The van der Waals surface area contributed by atoms with Gasteiger partial charge in [-0.05, 0) is 54.6 Å². The first-order valence-corrected chi connectivity index (χ1v) is 11.6. The van der Waals surface area contributed by atoms with Crippen LogP contribution >= 0.6 is 48.0 Å². The van der Waals surface area contributed by atoms with Gasteiger partial charge in [0.05, 0.1) is 5.02 Å². The molecule has 0 aromatic heterocycles. The molecule has 0 unspecified atom stereocenters. The summed E-state index contributed by atoms with van der Waals surface area (Å²) >= 11 is 12.1. The minimum absolute atomic E-state index is 0. The van der Waals surface area contributed by atoms with Gasteiger partial charge in [-0.3, -0.25) is 14.5 Å². The molecular formula is C26H26Cl4N2O3. The van der Waals surface area contributed by atoms with Crippen molar-refractivity contribution in [2.75, 3.05) is 32.7 Å². The summed E-state index contributed by atoms with van der Waals surface area (Å²) in [5, 5.41) is 0.964. The molecule has 4 rings (SSSR count). The molecule has 0 radical (unpaired) electrons. The van der Waals surface area contributed by atoms with Crippen molar-refractivity contribution in [2.24, 2.45) is 0 Å². The van der Waals surface area contributed by atoms with E-state index in [0.29, 0.717) is 58.7 Å². The number of benzene rings is 3. The monoisotopic (exact) mass is 554 g/mol. The molecular weight excluding hydrogens is 530 g/mol. The van der Waals surface area contributed by atoms with Crippen LogP contribution in [0.1, 0.15) is 27.1 Å². The number of nitrogens with zero attached hydrogens (tertiary/aromatic N) is 2. The van der Waals surface area contributed by atoms with E-state index in [-0.39, 0.29) is 36.5 Å². The molecule has 0 N–H and O–H groups in total. The Bertz CT molecular complexity index is 1120. The van der Waals surface area contributed by atoms with Gasteiger partial charge in [-0.15, -0.1) is 24.8 Å². The zero-order valence-electron chi connectivity index (χ0n) is 18.9. The van der Waals surface area contributed by atoms with Crippen LogP contribution in [0.4, 0.5) is 0 Å². The molecule has 5 nitrogen and oxygen atoms in total. The summed E-state index contributed by atoms with van der Waals surface area (Å²) in [5.74, 6) is 1.24. The second-order valence-electron chi connectivity index (χ2n) is 7.87. The molecule has 1 aliphatic rings. The highest BCUT2D eigenvalue weighted by Gasteiger charge is 2.22. The molecule has 1 heterocycles. The van der Waals surface area contributed by atoms with Crippen LogP contribution in [-0.2, 0) is 0 Å². The first-order valence-electron chi connectivity index (χ1n) is 10.8. The Hall–Kier alpha value is -2.28. The standard InChI is InChI=1S/C26H24Cl2N2O3.2ClH/c27-21-8-11-25(23(28)18-21)33-22-9-6-19(7-10-22)24(31)12-13-29-14-16-30(17-15-29)26(32)20-4-2-1-3-5-20;;/h1-11,18H,12-17H2;2*1H. The fourth-order valence-electron chi connectivity index (χ4n) is 3.74. The first-order chi connectivity index (χ1) is 16.0. The van der Waals surface area contributed by atoms with Crippen molar-refractivity contribution in [1.82, 2.24) is 9.80 Å². The molecule has 9 heteroatoms. The molecule has 1 amide bonds. The number of rotatable bonds is 7. The lowest BCUT2D eigenvalue weighted by Gasteiger charge is -2.34. The number of ether oxygens (including phenoxy) is 1. The number of ketones is 1. The van der Waals surface area contributed by atoms with Gasteiger partial charge in [0, 0.05) is 55.3 Å². The zero-order chi connectivity index (χ0) is 23.2. The van der Waals surface area contributed by atoms with Crippen LogP contribution in [0.5, 0.6) is 11.5 Å². The van der Waals surface area contributed by atoms with E-state index in [2.05, 4.69) is 4.90 Å². The van der Waals surface area contributed by atoms with Crippen molar-refractivity contribution >= 4 is 59.7 Å². The van der Waals surface area contributed by atoms with Crippen molar-refractivity contribution in [3.8, 4) is 11.5 Å². The Morgan fingerprint density at radius 1 is 0.800 bits per heavy atom. The Morgan fingerprint density at radius 3 is 2.09 bits per heavy atom. The Labute approximate surface area is 227 Å². The average Bonchev–Trinajstić information content (AvgIpc) is 2.85. The summed E-state index contributed by atoms with van der Waals surface area (Å²) in [6.45, 7) is 3.54. The zero-order valence-corrected chi connectivity index (χ0v) is 22.0. The van der Waals surface area contributed by atoms with Gasteiger partial charge in [0.15, 0.2) is 5.78 Å². The van der Waals surface area contributed by atoms with Crippen LogP contribution in [0.3, 0.4) is 0 Å². The summed E-state index contributed by atoms with van der Waals surface area (Å²) < 4.78 is 5.77. The lowest BCUT2D eigenvalue weighted by atomic mass is 10.1. The topological polar surface area (TPSA) is 49.9 Å². The van der Waals surface area contributed by atoms with E-state index >= 15 is 0 Å². The molecule has 1 aliphatic heterocycles. The number of amides is 1. The van der Waals surface area contributed by atoms with E-state index in [1.807, 2.05) is 35.2 Å². The first kappa shape index (κ1) is 29.0. The van der Waals surface area contributed by atoms with E-state index in [9.17, 15) is 9.59 Å². The third-order valence-corrected chi connectivity index (χ3v) is 6.16. The predicted molar refractivity (Wildman–Crippen MR) is 145 cm³/mol. The number of carbonyl (C=O) groups is 2. The smallest absolute Gasteiger partial charge is 0.253 e. The molecule has 1 fully saturated rings. The van der Waals surface area contributed by atoms with E-state index < -0.39 is 0 Å². The van der Waals surface area contributed by atoms with Crippen LogP contribution in [0.25, 0.3) is 0 Å². The third kappa shape index (κ3) is 7.86. The normalized spacial score (nSPS) is 13.4. The molecule has 0 bridgehead atoms. The Morgan fingerprint density at radius 2 is 1.46 bits per heavy atom. The summed E-state index contributed by atoms with van der Waals surface area (Å²) in [7, 11) is 0.